The van der Waals surface area contributed by atoms with E-state index in [1.807, 2.05) is 18.4 Å². The van der Waals surface area contributed by atoms with E-state index in [-0.39, 0.29) is 0 Å². The summed E-state index contributed by atoms with van der Waals surface area (Å²) in [6, 6.07) is 5.19. The zero-order valence-electron chi connectivity index (χ0n) is 16.0. The Morgan fingerprint density at radius 3 is 2.80 bits per heavy atom. The molecule has 0 radical (unpaired) electrons. The van der Waals surface area contributed by atoms with Gasteiger partial charge in [0.15, 0.2) is 5.96 Å². The zero-order valence-corrected chi connectivity index (χ0v) is 16.8. The summed E-state index contributed by atoms with van der Waals surface area (Å²) in [6.45, 7) is 8.97. The van der Waals surface area contributed by atoms with Crippen LogP contribution in [0.1, 0.15) is 50.4 Å². The van der Waals surface area contributed by atoms with Crippen LogP contribution in [0.4, 0.5) is 0 Å². The van der Waals surface area contributed by atoms with Gasteiger partial charge in [-0.2, -0.15) is 0 Å². The van der Waals surface area contributed by atoms with Gasteiger partial charge in [0.25, 0.3) is 0 Å². The maximum atomic E-state index is 5.52. The van der Waals surface area contributed by atoms with Crippen molar-refractivity contribution in [2.24, 2.45) is 4.99 Å². The molecule has 25 heavy (non-hydrogen) atoms. The third-order valence-electron chi connectivity index (χ3n) is 4.67. The molecule has 1 aromatic heterocycles. The lowest BCUT2D eigenvalue weighted by Gasteiger charge is -2.34. The highest BCUT2D eigenvalue weighted by molar-refractivity contribution is 7.10. The third-order valence-corrected chi connectivity index (χ3v) is 5.64. The second-order valence-electron chi connectivity index (χ2n) is 6.67. The number of aliphatic imine (C=N–C) groups is 1. The molecule has 0 amide bonds. The summed E-state index contributed by atoms with van der Waals surface area (Å²) in [4.78, 5) is 8.33. The Bertz CT molecular complexity index is 486. The van der Waals surface area contributed by atoms with Gasteiger partial charge in [0, 0.05) is 37.6 Å². The number of nitrogens with one attached hydrogen (secondary N) is 2. The Kier molecular flexibility index (Phi) is 9.29. The molecule has 0 spiro atoms. The van der Waals surface area contributed by atoms with Gasteiger partial charge in [0.2, 0.25) is 0 Å². The van der Waals surface area contributed by atoms with Gasteiger partial charge in [0.1, 0.15) is 0 Å². The first-order valence-electron chi connectivity index (χ1n) is 9.57. The quantitative estimate of drug-likeness (QED) is 0.400. The number of morpholine rings is 1. The van der Waals surface area contributed by atoms with Gasteiger partial charge in [-0.3, -0.25) is 9.89 Å². The second-order valence-corrected chi connectivity index (χ2v) is 7.65. The lowest BCUT2D eigenvalue weighted by molar-refractivity contribution is 0.0177. The van der Waals surface area contributed by atoms with Crippen LogP contribution >= 0.6 is 11.3 Å². The number of hydrogen-bond acceptors (Lipinski definition) is 4. The average Bonchev–Trinajstić information content (AvgIpc) is 3.16. The van der Waals surface area contributed by atoms with Crippen LogP contribution in [0.15, 0.2) is 22.5 Å². The van der Waals surface area contributed by atoms with Crippen LogP contribution < -0.4 is 10.6 Å². The molecule has 1 aromatic rings. The third kappa shape index (κ3) is 6.96. The molecule has 1 aliphatic heterocycles. The first kappa shape index (κ1) is 20.2. The second kappa shape index (κ2) is 11.5. The van der Waals surface area contributed by atoms with Crippen molar-refractivity contribution in [1.29, 1.82) is 0 Å². The van der Waals surface area contributed by atoms with Crippen LogP contribution in [0, 0.1) is 0 Å². The minimum Gasteiger partial charge on any atom is -0.379 e. The Labute approximate surface area is 156 Å². The van der Waals surface area contributed by atoms with Crippen molar-refractivity contribution in [2.75, 3.05) is 39.9 Å². The molecule has 2 unspecified atom stereocenters. The Morgan fingerprint density at radius 2 is 2.16 bits per heavy atom. The highest BCUT2D eigenvalue weighted by Gasteiger charge is 2.23. The van der Waals surface area contributed by atoms with Crippen molar-refractivity contribution in [2.45, 2.75) is 51.6 Å². The van der Waals surface area contributed by atoms with E-state index in [1.54, 1.807) is 0 Å². The van der Waals surface area contributed by atoms with Crippen molar-refractivity contribution >= 4 is 17.3 Å². The number of ether oxygens (including phenoxy) is 1. The molecular formula is C19H34N4OS. The van der Waals surface area contributed by atoms with Crippen molar-refractivity contribution < 1.29 is 4.74 Å². The monoisotopic (exact) mass is 366 g/mol. The molecular weight excluding hydrogens is 332 g/mol. The first-order valence-corrected chi connectivity index (χ1v) is 10.4. The molecule has 5 nitrogen and oxygen atoms in total. The van der Waals surface area contributed by atoms with Crippen LogP contribution in [-0.4, -0.2) is 56.8 Å². The van der Waals surface area contributed by atoms with E-state index in [0.717, 1.165) is 38.8 Å². The maximum Gasteiger partial charge on any atom is 0.191 e. The van der Waals surface area contributed by atoms with E-state index >= 15 is 0 Å². The minimum atomic E-state index is 0.373. The lowest BCUT2D eigenvalue weighted by Crippen LogP contribution is -2.47. The van der Waals surface area contributed by atoms with E-state index in [1.165, 1.54) is 30.6 Å². The van der Waals surface area contributed by atoms with E-state index < -0.39 is 0 Å². The van der Waals surface area contributed by atoms with Crippen LogP contribution in [0.2, 0.25) is 0 Å². The van der Waals surface area contributed by atoms with Crippen molar-refractivity contribution in [3.63, 3.8) is 0 Å². The standard InChI is InChI=1S/C19H34N4OS/c1-4-5-6-8-16(2)22-19(20-3)21-15-17(18-9-7-14-25-18)23-10-12-24-13-11-23/h7,9,14,16-17H,4-6,8,10-13,15H2,1-3H3,(H2,20,21,22). The topological polar surface area (TPSA) is 48.9 Å². The molecule has 0 aliphatic carbocycles. The van der Waals surface area contributed by atoms with Crippen molar-refractivity contribution in [1.82, 2.24) is 15.5 Å². The van der Waals surface area contributed by atoms with E-state index in [4.69, 9.17) is 4.74 Å². The fraction of sp³-hybridized carbons (Fsp3) is 0.737. The zero-order chi connectivity index (χ0) is 17.9. The highest BCUT2D eigenvalue weighted by atomic mass is 32.1. The number of nitrogens with zero attached hydrogens (tertiary/aromatic N) is 2. The van der Waals surface area contributed by atoms with Crippen molar-refractivity contribution in [3.05, 3.63) is 22.4 Å². The van der Waals surface area contributed by atoms with Gasteiger partial charge < -0.3 is 15.4 Å². The SMILES string of the molecule is CCCCCC(C)NC(=NC)NCC(c1cccs1)N1CCOCC1. The summed E-state index contributed by atoms with van der Waals surface area (Å²) in [7, 11) is 1.85. The number of unbranched alkanes of at least 4 members (excludes halogenated alkanes) is 2. The molecule has 1 saturated heterocycles. The molecule has 1 aliphatic rings. The predicted octanol–water partition coefficient (Wildman–Crippen LogP) is 3.26. The molecule has 6 heteroatoms. The summed E-state index contributed by atoms with van der Waals surface area (Å²) in [5, 5.41) is 9.23. The van der Waals surface area contributed by atoms with Crippen molar-refractivity contribution in [3.8, 4) is 0 Å². The molecule has 2 atom stereocenters. The Morgan fingerprint density at radius 1 is 1.36 bits per heavy atom. The number of guanidine groups is 1. The summed E-state index contributed by atoms with van der Waals surface area (Å²) in [6.07, 6.45) is 5.02. The number of thiophene rings is 1. The molecule has 0 aromatic carbocycles. The summed E-state index contributed by atoms with van der Waals surface area (Å²) in [5.74, 6) is 0.902. The van der Waals surface area contributed by atoms with E-state index in [2.05, 4.69) is 51.9 Å². The molecule has 2 rings (SSSR count). The van der Waals surface area contributed by atoms with Crippen LogP contribution in [0.3, 0.4) is 0 Å². The summed E-state index contributed by atoms with van der Waals surface area (Å²) < 4.78 is 5.52. The number of hydrogen-bond donors (Lipinski definition) is 2. The van der Waals surface area contributed by atoms with Crippen LogP contribution in [-0.2, 0) is 4.74 Å². The minimum absolute atomic E-state index is 0.373. The van der Waals surface area contributed by atoms with Gasteiger partial charge in [-0.05, 0) is 24.8 Å². The normalized spacial score (nSPS) is 18.8. The average molecular weight is 367 g/mol. The van der Waals surface area contributed by atoms with Gasteiger partial charge >= 0.3 is 0 Å². The van der Waals surface area contributed by atoms with Crippen LogP contribution in [0.5, 0.6) is 0 Å². The maximum absolute atomic E-state index is 5.52. The first-order chi connectivity index (χ1) is 12.2. The summed E-state index contributed by atoms with van der Waals surface area (Å²) in [5.41, 5.74) is 0. The molecule has 2 N–H and O–H groups in total. The molecule has 0 bridgehead atoms. The molecule has 142 valence electrons. The summed E-state index contributed by atoms with van der Waals surface area (Å²) >= 11 is 1.83. The number of rotatable bonds is 9. The highest BCUT2D eigenvalue weighted by Crippen LogP contribution is 2.25. The largest absolute Gasteiger partial charge is 0.379 e. The lowest BCUT2D eigenvalue weighted by atomic mass is 10.1. The Balaban J connectivity index is 1.87. The Hall–Kier alpha value is -1.11. The smallest absolute Gasteiger partial charge is 0.191 e. The predicted molar refractivity (Wildman–Crippen MR) is 108 cm³/mol. The fourth-order valence-electron chi connectivity index (χ4n) is 3.17. The van der Waals surface area contributed by atoms with Gasteiger partial charge in [-0.1, -0.05) is 32.3 Å². The van der Waals surface area contributed by atoms with Crippen LogP contribution in [0.25, 0.3) is 0 Å². The van der Waals surface area contributed by atoms with E-state index in [0.29, 0.717) is 12.1 Å². The van der Waals surface area contributed by atoms with Gasteiger partial charge in [0.05, 0.1) is 19.3 Å². The molecule has 2 heterocycles. The van der Waals surface area contributed by atoms with Gasteiger partial charge in [-0.15, -0.1) is 11.3 Å². The fourth-order valence-corrected chi connectivity index (χ4v) is 4.03. The van der Waals surface area contributed by atoms with Gasteiger partial charge in [-0.25, -0.2) is 0 Å². The molecule has 0 saturated carbocycles. The van der Waals surface area contributed by atoms with E-state index in [9.17, 15) is 0 Å². The molecule has 1 fully saturated rings.